The van der Waals surface area contributed by atoms with Gasteiger partial charge in [-0.25, -0.2) is 0 Å². The zero-order valence-corrected chi connectivity index (χ0v) is 11.9. The Kier molecular flexibility index (Phi) is 3.41. The first-order valence-electron chi connectivity index (χ1n) is 6.12. The third-order valence-corrected chi connectivity index (χ3v) is 3.03. The third-order valence-electron chi connectivity index (χ3n) is 3.03. The molecular formula is C14H19NO4. The molecule has 0 spiro atoms. The van der Waals surface area contributed by atoms with Crippen molar-refractivity contribution in [3.8, 4) is 17.2 Å². The van der Waals surface area contributed by atoms with Gasteiger partial charge in [0.15, 0.2) is 23.0 Å². The van der Waals surface area contributed by atoms with E-state index in [-0.39, 0.29) is 17.9 Å². The number of hydrogen-bond acceptors (Lipinski definition) is 5. The van der Waals surface area contributed by atoms with Gasteiger partial charge in [0.1, 0.15) is 5.56 Å². The van der Waals surface area contributed by atoms with Crippen LogP contribution in [0.15, 0.2) is 12.1 Å². The molecule has 0 bridgehead atoms. The summed E-state index contributed by atoms with van der Waals surface area (Å²) in [4.78, 5) is 18.1. The summed E-state index contributed by atoms with van der Waals surface area (Å²) in [6, 6.07) is 3.46. The predicted octanol–water partition coefficient (Wildman–Crippen LogP) is 2.29. The first-order chi connectivity index (χ1) is 8.88. The van der Waals surface area contributed by atoms with Crippen molar-refractivity contribution in [2.75, 3.05) is 20.8 Å². The summed E-state index contributed by atoms with van der Waals surface area (Å²) in [5.74, 6) is 1.43. The molecule has 0 radical (unpaired) electrons. The first kappa shape index (κ1) is 13.7. The van der Waals surface area contributed by atoms with E-state index in [1.54, 1.807) is 24.3 Å². The van der Waals surface area contributed by atoms with E-state index in [2.05, 4.69) is 0 Å². The SMILES string of the molecule is COc1ccc2c(c1OC)C(=O)CN(C(C)(C)C)O2. The van der Waals surface area contributed by atoms with Crippen LogP contribution in [0, 0.1) is 0 Å². The molecule has 0 saturated carbocycles. The van der Waals surface area contributed by atoms with Crippen LogP contribution in [-0.2, 0) is 0 Å². The molecule has 0 fully saturated rings. The number of methoxy groups -OCH3 is 2. The van der Waals surface area contributed by atoms with Crippen molar-refractivity contribution < 1.29 is 19.1 Å². The third kappa shape index (κ3) is 2.38. The van der Waals surface area contributed by atoms with Crippen molar-refractivity contribution in [3.63, 3.8) is 0 Å². The largest absolute Gasteiger partial charge is 0.493 e. The fourth-order valence-corrected chi connectivity index (χ4v) is 1.98. The number of ether oxygens (including phenoxy) is 2. The Bertz CT molecular complexity index is 505. The lowest BCUT2D eigenvalue weighted by Gasteiger charge is -2.37. The van der Waals surface area contributed by atoms with Crippen LogP contribution in [0.25, 0.3) is 0 Å². The van der Waals surface area contributed by atoms with Crippen LogP contribution in [0.3, 0.4) is 0 Å². The molecule has 0 amide bonds. The van der Waals surface area contributed by atoms with Gasteiger partial charge in [-0.05, 0) is 32.9 Å². The lowest BCUT2D eigenvalue weighted by Crippen LogP contribution is -2.49. The topological polar surface area (TPSA) is 48.0 Å². The van der Waals surface area contributed by atoms with Crippen LogP contribution in [0.5, 0.6) is 17.2 Å². The van der Waals surface area contributed by atoms with Crippen LogP contribution in [0.1, 0.15) is 31.1 Å². The fourth-order valence-electron chi connectivity index (χ4n) is 1.98. The summed E-state index contributed by atoms with van der Waals surface area (Å²) in [6.45, 7) is 6.17. The van der Waals surface area contributed by atoms with E-state index in [1.807, 2.05) is 20.8 Å². The number of rotatable bonds is 2. The molecule has 5 nitrogen and oxygen atoms in total. The molecular weight excluding hydrogens is 246 g/mol. The van der Waals surface area contributed by atoms with E-state index in [0.717, 1.165) is 0 Å². The van der Waals surface area contributed by atoms with Gasteiger partial charge < -0.3 is 14.3 Å². The summed E-state index contributed by atoms with van der Waals surface area (Å²) in [5, 5.41) is 1.67. The maximum absolute atomic E-state index is 12.3. The molecule has 0 atom stereocenters. The zero-order chi connectivity index (χ0) is 14.2. The zero-order valence-electron chi connectivity index (χ0n) is 11.9. The number of hydrogen-bond donors (Lipinski definition) is 0. The van der Waals surface area contributed by atoms with E-state index >= 15 is 0 Å². The average molecular weight is 265 g/mol. The van der Waals surface area contributed by atoms with Crippen molar-refractivity contribution in [1.82, 2.24) is 5.06 Å². The molecule has 1 heterocycles. The van der Waals surface area contributed by atoms with Gasteiger partial charge in [0, 0.05) is 5.54 Å². The van der Waals surface area contributed by atoms with Gasteiger partial charge in [0.25, 0.3) is 0 Å². The van der Waals surface area contributed by atoms with E-state index in [9.17, 15) is 4.79 Å². The molecule has 1 aromatic rings. The summed E-state index contributed by atoms with van der Waals surface area (Å²) in [7, 11) is 3.06. The second-order valence-electron chi connectivity index (χ2n) is 5.40. The minimum absolute atomic E-state index is 0.0353. The van der Waals surface area contributed by atoms with Gasteiger partial charge in [0.05, 0.1) is 20.8 Å². The highest BCUT2D eigenvalue weighted by atomic mass is 16.7. The van der Waals surface area contributed by atoms with Gasteiger partial charge >= 0.3 is 0 Å². The molecule has 0 unspecified atom stereocenters. The number of carbonyl (C=O) groups is 1. The Hall–Kier alpha value is -1.75. The van der Waals surface area contributed by atoms with Crippen molar-refractivity contribution in [1.29, 1.82) is 0 Å². The van der Waals surface area contributed by atoms with Crippen molar-refractivity contribution in [2.45, 2.75) is 26.3 Å². The second kappa shape index (κ2) is 4.74. The van der Waals surface area contributed by atoms with E-state index in [4.69, 9.17) is 14.3 Å². The number of ketones is 1. The Morgan fingerprint density at radius 1 is 1.21 bits per heavy atom. The number of fused-ring (bicyclic) bond motifs is 1. The van der Waals surface area contributed by atoms with Gasteiger partial charge in [-0.2, -0.15) is 0 Å². The number of benzene rings is 1. The van der Waals surface area contributed by atoms with E-state index < -0.39 is 0 Å². The van der Waals surface area contributed by atoms with E-state index in [0.29, 0.717) is 22.8 Å². The van der Waals surface area contributed by atoms with E-state index in [1.165, 1.54) is 7.11 Å². The molecule has 104 valence electrons. The van der Waals surface area contributed by atoms with Crippen molar-refractivity contribution in [2.24, 2.45) is 0 Å². The molecule has 0 N–H and O–H groups in total. The minimum Gasteiger partial charge on any atom is -0.493 e. The van der Waals surface area contributed by atoms with Crippen LogP contribution >= 0.6 is 0 Å². The molecule has 0 aromatic heterocycles. The van der Waals surface area contributed by atoms with Gasteiger partial charge in [-0.3, -0.25) is 4.79 Å². The highest BCUT2D eigenvalue weighted by molar-refractivity contribution is 6.04. The van der Waals surface area contributed by atoms with Crippen LogP contribution in [0.4, 0.5) is 0 Å². The molecule has 1 aliphatic heterocycles. The van der Waals surface area contributed by atoms with Gasteiger partial charge in [-0.1, -0.05) is 0 Å². The molecule has 19 heavy (non-hydrogen) atoms. The van der Waals surface area contributed by atoms with Crippen molar-refractivity contribution >= 4 is 5.78 Å². The Morgan fingerprint density at radius 3 is 2.42 bits per heavy atom. The summed E-state index contributed by atoms with van der Waals surface area (Å²) < 4.78 is 10.5. The smallest absolute Gasteiger partial charge is 0.188 e. The maximum Gasteiger partial charge on any atom is 0.188 e. The molecule has 0 aliphatic carbocycles. The van der Waals surface area contributed by atoms with Crippen LogP contribution in [0.2, 0.25) is 0 Å². The first-order valence-corrected chi connectivity index (χ1v) is 6.12. The fraction of sp³-hybridized carbons (Fsp3) is 0.500. The Morgan fingerprint density at radius 2 is 1.89 bits per heavy atom. The second-order valence-corrected chi connectivity index (χ2v) is 5.40. The monoisotopic (exact) mass is 265 g/mol. The normalized spacial score (nSPS) is 15.7. The minimum atomic E-state index is -0.249. The summed E-state index contributed by atoms with van der Waals surface area (Å²) in [6.07, 6.45) is 0. The number of hydroxylamine groups is 2. The Balaban J connectivity index is 2.49. The molecule has 2 rings (SSSR count). The van der Waals surface area contributed by atoms with Crippen LogP contribution in [-0.4, -0.2) is 37.1 Å². The number of Topliss-reactive ketones (excluding diaryl/α,β-unsaturated/α-hetero) is 1. The summed E-state index contributed by atoms with van der Waals surface area (Å²) >= 11 is 0. The lowest BCUT2D eigenvalue weighted by molar-refractivity contribution is -0.123. The summed E-state index contributed by atoms with van der Waals surface area (Å²) in [5.41, 5.74) is 0.197. The van der Waals surface area contributed by atoms with Crippen molar-refractivity contribution in [3.05, 3.63) is 17.7 Å². The lowest BCUT2D eigenvalue weighted by atomic mass is 10.0. The van der Waals surface area contributed by atoms with Crippen LogP contribution < -0.4 is 14.3 Å². The molecule has 5 heteroatoms. The molecule has 0 saturated heterocycles. The molecule has 1 aliphatic rings. The number of nitrogens with zero attached hydrogens (tertiary/aromatic N) is 1. The average Bonchev–Trinajstić information content (AvgIpc) is 2.36. The quantitative estimate of drug-likeness (QED) is 0.821. The standard InChI is InChI=1S/C14H19NO4/c1-14(2,3)15-8-9(16)12-10(19-15)6-7-11(17-4)13(12)18-5/h6-7H,8H2,1-5H3. The highest BCUT2D eigenvalue weighted by Gasteiger charge is 2.35. The Labute approximate surface area is 113 Å². The van der Waals surface area contributed by atoms with Gasteiger partial charge in [-0.15, -0.1) is 5.06 Å². The maximum atomic E-state index is 12.3. The molecule has 1 aromatic carbocycles. The van der Waals surface area contributed by atoms with Gasteiger partial charge in [0.2, 0.25) is 0 Å². The number of carbonyl (C=O) groups excluding carboxylic acids is 1. The predicted molar refractivity (Wildman–Crippen MR) is 71.0 cm³/mol. The highest BCUT2D eigenvalue weighted by Crippen LogP contribution is 2.40.